The molecule has 0 saturated heterocycles. The molecule has 1 aromatic rings. The number of anilines is 2. The lowest BCUT2D eigenvalue weighted by Gasteiger charge is -2.29. The summed E-state index contributed by atoms with van der Waals surface area (Å²) < 4.78 is 0. The Morgan fingerprint density at radius 3 is 2.80 bits per heavy atom. The van der Waals surface area contributed by atoms with Gasteiger partial charge in [0.05, 0.1) is 5.54 Å². The molecule has 0 bridgehead atoms. The smallest absolute Gasteiger partial charge is 0.161 e. The first-order valence-corrected chi connectivity index (χ1v) is 8.20. The third kappa shape index (κ3) is 3.48. The summed E-state index contributed by atoms with van der Waals surface area (Å²) in [6, 6.07) is 6.48. The largest absolute Gasteiger partial charge is 0.377 e. The molecule has 1 N–H and O–H groups in total. The summed E-state index contributed by atoms with van der Waals surface area (Å²) in [5.41, 5.74) is 3.75. The number of nitrogens with one attached hydrogen (secondary N) is 1. The van der Waals surface area contributed by atoms with Crippen LogP contribution in [0.3, 0.4) is 0 Å². The molecule has 1 aromatic carbocycles. The molecule has 2 rings (SSSR count). The minimum Gasteiger partial charge on any atom is -0.377 e. The quantitative estimate of drug-likeness (QED) is 0.907. The highest BCUT2D eigenvalue weighted by Crippen LogP contribution is 2.30. The van der Waals surface area contributed by atoms with E-state index in [0.29, 0.717) is 0 Å². The standard InChI is InChI=1S/C16H25N3S/c1-6-16(3)9-10-20-15(18-16)17-13-8-7-12(2)14(11-13)19(4)5/h7-8,11H,6,9-10H2,1-5H3,(H,17,18). The molecule has 1 heterocycles. The predicted octanol–water partition coefficient (Wildman–Crippen LogP) is 4.13. The molecule has 4 heteroatoms. The Kier molecular flexibility index (Phi) is 4.63. The Bertz CT molecular complexity index is 510. The third-order valence-electron chi connectivity index (χ3n) is 3.95. The number of hydrogen-bond donors (Lipinski definition) is 1. The van der Waals surface area contributed by atoms with E-state index in [9.17, 15) is 0 Å². The molecular formula is C16H25N3S. The van der Waals surface area contributed by atoms with Crippen molar-refractivity contribution in [1.82, 2.24) is 0 Å². The summed E-state index contributed by atoms with van der Waals surface area (Å²) in [7, 11) is 4.15. The number of hydrogen-bond acceptors (Lipinski definition) is 4. The number of aryl methyl sites for hydroxylation is 1. The Morgan fingerprint density at radius 2 is 2.15 bits per heavy atom. The average molecular weight is 291 g/mol. The van der Waals surface area contributed by atoms with Gasteiger partial charge in [0, 0.05) is 31.2 Å². The number of amidine groups is 1. The maximum atomic E-state index is 4.88. The van der Waals surface area contributed by atoms with E-state index in [1.165, 1.54) is 11.3 Å². The molecule has 1 aliphatic heterocycles. The molecule has 1 aliphatic rings. The molecule has 0 radical (unpaired) electrons. The predicted molar refractivity (Wildman–Crippen MR) is 92.3 cm³/mol. The molecule has 3 nitrogen and oxygen atoms in total. The van der Waals surface area contributed by atoms with Crippen LogP contribution in [0.25, 0.3) is 0 Å². The minimum absolute atomic E-state index is 0.0999. The Labute approximate surface area is 126 Å². The van der Waals surface area contributed by atoms with Gasteiger partial charge < -0.3 is 10.2 Å². The summed E-state index contributed by atoms with van der Waals surface area (Å²) >= 11 is 1.82. The lowest BCUT2D eigenvalue weighted by molar-refractivity contribution is 0.443. The van der Waals surface area contributed by atoms with E-state index in [0.717, 1.165) is 29.4 Å². The van der Waals surface area contributed by atoms with Gasteiger partial charge in [-0.2, -0.15) is 0 Å². The first-order valence-electron chi connectivity index (χ1n) is 7.21. The number of rotatable bonds is 3. The second-order valence-electron chi connectivity index (χ2n) is 5.89. The van der Waals surface area contributed by atoms with Crippen LogP contribution in [0.5, 0.6) is 0 Å². The van der Waals surface area contributed by atoms with E-state index in [-0.39, 0.29) is 5.54 Å². The van der Waals surface area contributed by atoms with E-state index in [2.05, 4.69) is 63.3 Å². The zero-order valence-corrected chi connectivity index (χ0v) is 14.0. The van der Waals surface area contributed by atoms with Crippen molar-refractivity contribution in [2.24, 2.45) is 4.99 Å². The fraction of sp³-hybridized carbons (Fsp3) is 0.562. The van der Waals surface area contributed by atoms with Gasteiger partial charge >= 0.3 is 0 Å². The average Bonchev–Trinajstić information content (AvgIpc) is 2.41. The summed E-state index contributed by atoms with van der Waals surface area (Å²) in [4.78, 5) is 7.02. The van der Waals surface area contributed by atoms with Crippen LogP contribution in [0.15, 0.2) is 23.2 Å². The maximum absolute atomic E-state index is 4.88. The molecular weight excluding hydrogens is 266 g/mol. The molecule has 1 atom stereocenters. The van der Waals surface area contributed by atoms with Crippen LogP contribution in [0.1, 0.15) is 32.3 Å². The van der Waals surface area contributed by atoms with Crippen molar-refractivity contribution in [3.8, 4) is 0 Å². The molecule has 0 spiro atoms. The number of aliphatic imine (C=N–C) groups is 1. The summed E-state index contributed by atoms with van der Waals surface area (Å²) in [6.07, 6.45) is 2.26. The van der Waals surface area contributed by atoms with Gasteiger partial charge in [-0.3, -0.25) is 4.99 Å². The Morgan fingerprint density at radius 1 is 1.40 bits per heavy atom. The zero-order valence-electron chi connectivity index (χ0n) is 13.2. The van der Waals surface area contributed by atoms with Crippen LogP contribution in [0.2, 0.25) is 0 Å². The lowest BCUT2D eigenvalue weighted by atomic mass is 9.97. The van der Waals surface area contributed by atoms with Crippen molar-refractivity contribution in [3.63, 3.8) is 0 Å². The molecule has 1 unspecified atom stereocenters. The topological polar surface area (TPSA) is 27.6 Å². The highest BCUT2D eigenvalue weighted by molar-refractivity contribution is 8.14. The van der Waals surface area contributed by atoms with E-state index >= 15 is 0 Å². The number of benzene rings is 1. The van der Waals surface area contributed by atoms with E-state index < -0.39 is 0 Å². The highest BCUT2D eigenvalue weighted by atomic mass is 32.2. The van der Waals surface area contributed by atoms with Gasteiger partial charge in [0.1, 0.15) is 0 Å². The summed E-state index contributed by atoms with van der Waals surface area (Å²) in [5, 5.41) is 4.53. The van der Waals surface area contributed by atoms with Gasteiger partial charge in [-0.1, -0.05) is 24.8 Å². The zero-order chi connectivity index (χ0) is 14.8. The van der Waals surface area contributed by atoms with Crippen LogP contribution in [-0.4, -0.2) is 30.6 Å². The van der Waals surface area contributed by atoms with E-state index in [1.807, 2.05) is 11.8 Å². The van der Waals surface area contributed by atoms with Crippen LogP contribution in [-0.2, 0) is 0 Å². The van der Waals surface area contributed by atoms with Crippen molar-refractivity contribution >= 4 is 28.3 Å². The normalized spacial score (nSPS) is 22.4. The van der Waals surface area contributed by atoms with Crippen molar-refractivity contribution in [2.75, 3.05) is 30.1 Å². The summed E-state index contributed by atoms with van der Waals surface area (Å²) in [6.45, 7) is 6.60. The fourth-order valence-corrected chi connectivity index (χ4v) is 3.52. The first-order chi connectivity index (χ1) is 9.43. The van der Waals surface area contributed by atoms with Crippen molar-refractivity contribution < 1.29 is 0 Å². The number of thioether (sulfide) groups is 1. The van der Waals surface area contributed by atoms with Gasteiger partial charge in [-0.25, -0.2) is 0 Å². The van der Waals surface area contributed by atoms with Crippen LogP contribution in [0, 0.1) is 6.92 Å². The third-order valence-corrected chi connectivity index (χ3v) is 4.83. The Hall–Kier alpha value is -1.16. The first kappa shape index (κ1) is 15.2. The van der Waals surface area contributed by atoms with Crippen LogP contribution >= 0.6 is 11.8 Å². The molecule has 0 amide bonds. The summed E-state index contributed by atoms with van der Waals surface area (Å²) in [5.74, 6) is 1.14. The van der Waals surface area contributed by atoms with Gasteiger partial charge in [0.2, 0.25) is 0 Å². The Balaban J connectivity index is 2.20. The van der Waals surface area contributed by atoms with Crippen molar-refractivity contribution in [1.29, 1.82) is 0 Å². The van der Waals surface area contributed by atoms with Gasteiger partial charge in [-0.15, -0.1) is 0 Å². The highest BCUT2D eigenvalue weighted by Gasteiger charge is 2.25. The van der Waals surface area contributed by atoms with Gasteiger partial charge in [0.25, 0.3) is 0 Å². The molecule has 20 heavy (non-hydrogen) atoms. The van der Waals surface area contributed by atoms with Gasteiger partial charge in [0.15, 0.2) is 5.17 Å². The van der Waals surface area contributed by atoms with E-state index in [4.69, 9.17) is 4.99 Å². The second-order valence-corrected chi connectivity index (χ2v) is 6.97. The monoisotopic (exact) mass is 291 g/mol. The van der Waals surface area contributed by atoms with Crippen molar-refractivity contribution in [2.45, 2.75) is 39.2 Å². The fourth-order valence-electron chi connectivity index (χ4n) is 2.31. The van der Waals surface area contributed by atoms with Crippen LogP contribution in [0.4, 0.5) is 11.4 Å². The maximum Gasteiger partial charge on any atom is 0.161 e. The molecule has 0 fully saturated rings. The van der Waals surface area contributed by atoms with E-state index in [1.54, 1.807) is 0 Å². The molecule has 110 valence electrons. The SMILES string of the molecule is CCC1(C)CCSC(Nc2ccc(C)c(N(C)C)c2)=N1. The molecule has 0 aliphatic carbocycles. The molecule has 0 saturated carbocycles. The number of nitrogens with zero attached hydrogens (tertiary/aromatic N) is 2. The van der Waals surface area contributed by atoms with Crippen LogP contribution < -0.4 is 10.2 Å². The lowest BCUT2D eigenvalue weighted by Crippen LogP contribution is -2.29. The second kappa shape index (κ2) is 6.08. The molecule has 0 aromatic heterocycles. The minimum atomic E-state index is 0.0999. The van der Waals surface area contributed by atoms with Crippen molar-refractivity contribution in [3.05, 3.63) is 23.8 Å². The van der Waals surface area contributed by atoms with Gasteiger partial charge in [-0.05, 0) is 44.4 Å².